The third kappa shape index (κ3) is 5.30. The Morgan fingerprint density at radius 1 is 1.17 bits per heavy atom. The molecule has 1 heterocycles. The van der Waals surface area contributed by atoms with E-state index < -0.39 is 21.9 Å². The number of nitrogens with zero attached hydrogens (tertiary/aromatic N) is 2. The molecule has 0 spiro atoms. The second-order valence-corrected chi connectivity index (χ2v) is 7.99. The Bertz CT molecular complexity index is 610. The lowest BCUT2D eigenvalue weighted by atomic mass is 10.2. The number of piperazine rings is 1. The lowest BCUT2D eigenvalue weighted by Gasteiger charge is -2.32. The summed E-state index contributed by atoms with van der Waals surface area (Å²) in [5.74, 6) is -1.36. The second-order valence-electron chi connectivity index (χ2n) is 5.98. The van der Waals surface area contributed by atoms with Crippen LogP contribution in [0.1, 0.15) is 12.5 Å². The summed E-state index contributed by atoms with van der Waals surface area (Å²) >= 11 is 0. The fourth-order valence-electron chi connectivity index (χ4n) is 2.43. The van der Waals surface area contributed by atoms with Crippen LogP contribution in [-0.2, 0) is 26.2 Å². The van der Waals surface area contributed by atoms with E-state index in [1.165, 1.54) is 4.31 Å². The van der Waals surface area contributed by atoms with Crippen LogP contribution in [0.15, 0.2) is 30.3 Å². The van der Waals surface area contributed by atoms with Crippen LogP contribution in [0, 0.1) is 5.92 Å². The molecule has 1 aliphatic rings. The van der Waals surface area contributed by atoms with Crippen molar-refractivity contribution in [2.45, 2.75) is 13.5 Å². The first-order chi connectivity index (χ1) is 10.9. The van der Waals surface area contributed by atoms with Crippen molar-refractivity contribution in [3.8, 4) is 0 Å². The number of likely N-dealkylation sites (N-methyl/N-ethyl adjacent to an activating group) is 1. The van der Waals surface area contributed by atoms with Gasteiger partial charge in [0.2, 0.25) is 10.0 Å². The maximum atomic E-state index is 12.4. The monoisotopic (exact) mass is 340 g/mol. The highest BCUT2D eigenvalue weighted by Crippen LogP contribution is 2.13. The maximum Gasteiger partial charge on any atom is 0.310 e. The van der Waals surface area contributed by atoms with Gasteiger partial charge in [0.05, 0.1) is 11.7 Å². The van der Waals surface area contributed by atoms with E-state index in [1.807, 2.05) is 37.4 Å². The predicted molar refractivity (Wildman–Crippen MR) is 88.3 cm³/mol. The van der Waals surface area contributed by atoms with Gasteiger partial charge in [-0.1, -0.05) is 37.3 Å². The Morgan fingerprint density at radius 2 is 1.78 bits per heavy atom. The standard InChI is InChI=1S/C16H24N2O4S/c1-14(16(19)22-12-15-6-4-3-5-7-15)13-23(20,21)18-10-8-17(2)9-11-18/h3-7,14H,8-13H2,1-2H3/t14-/m0/s1. The number of esters is 1. The molecule has 0 saturated carbocycles. The van der Waals surface area contributed by atoms with Gasteiger partial charge in [0.1, 0.15) is 6.61 Å². The summed E-state index contributed by atoms with van der Waals surface area (Å²) in [7, 11) is -1.46. The molecule has 2 rings (SSSR count). The Hall–Kier alpha value is -1.44. The van der Waals surface area contributed by atoms with Crippen LogP contribution in [-0.4, -0.2) is 62.6 Å². The van der Waals surface area contributed by atoms with E-state index in [2.05, 4.69) is 4.90 Å². The molecular formula is C16H24N2O4S. The first kappa shape index (κ1) is 17.9. The number of carbonyl (C=O) groups is 1. The van der Waals surface area contributed by atoms with E-state index in [4.69, 9.17) is 4.74 Å². The minimum Gasteiger partial charge on any atom is -0.461 e. The van der Waals surface area contributed by atoms with Crippen LogP contribution in [0.25, 0.3) is 0 Å². The number of hydrogen-bond acceptors (Lipinski definition) is 5. The van der Waals surface area contributed by atoms with Crippen LogP contribution in [0.2, 0.25) is 0 Å². The molecule has 0 N–H and O–H groups in total. The van der Waals surface area contributed by atoms with Gasteiger partial charge < -0.3 is 9.64 Å². The Kier molecular flexibility index (Phi) is 6.15. The maximum absolute atomic E-state index is 12.4. The van der Waals surface area contributed by atoms with Gasteiger partial charge in [-0.15, -0.1) is 0 Å². The van der Waals surface area contributed by atoms with Crippen molar-refractivity contribution in [1.82, 2.24) is 9.21 Å². The summed E-state index contributed by atoms with van der Waals surface area (Å²) in [6.07, 6.45) is 0. The van der Waals surface area contributed by atoms with Gasteiger partial charge in [-0.05, 0) is 12.6 Å². The average Bonchev–Trinajstić information content (AvgIpc) is 2.53. The normalized spacial score (nSPS) is 18.5. The molecule has 0 radical (unpaired) electrons. The van der Waals surface area contributed by atoms with Gasteiger partial charge in [0, 0.05) is 26.2 Å². The van der Waals surface area contributed by atoms with Crippen LogP contribution >= 0.6 is 0 Å². The summed E-state index contributed by atoms with van der Waals surface area (Å²) < 4.78 is 31.4. The molecule has 0 aliphatic carbocycles. The van der Waals surface area contributed by atoms with E-state index in [1.54, 1.807) is 6.92 Å². The molecule has 0 unspecified atom stereocenters. The Balaban J connectivity index is 1.84. The Morgan fingerprint density at radius 3 is 2.39 bits per heavy atom. The van der Waals surface area contributed by atoms with Crippen molar-refractivity contribution in [2.24, 2.45) is 5.92 Å². The van der Waals surface area contributed by atoms with E-state index in [9.17, 15) is 13.2 Å². The van der Waals surface area contributed by atoms with Crippen molar-refractivity contribution >= 4 is 16.0 Å². The number of sulfonamides is 1. The average molecular weight is 340 g/mol. The van der Waals surface area contributed by atoms with E-state index >= 15 is 0 Å². The van der Waals surface area contributed by atoms with Gasteiger partial charge in [-0.25, -0.2) is 8.42 Å². The van der Waals surface area contributed by atoms with Crippen molar-refractivity contribution in [2.75, 3.05) is 39.0 Å². The molecular weight excluding hydrogens is 316 g/mol. The zero-order valence-corrected chi connectivity index (χ0v) is 14.5. The van der Waals surface area contributed by atoms with Crippen LogP contribution in [0.4, 0.5) is 0 Å². The third-order valence-electron chi connectivity index (χ3n) is 3.94. The third-order valence-corrected chi connectivity index (χ3v) is 6.02. The molecule has 0 aromatic heterocycles. The van der Waals surface area contributed by atoms with Gasteiger partial charge in [-0.2, -0.15) is 4.31 Å². The highest BCUT2D eigenvalue weighted by Gasteiger charge is 2.30. The van der Waals surface area contributed by atoms with Crippen molar-refractivity contribution in [3.05, 3.63) is 35.9 Å². The SMILES string of the molecule is C[C@@H](CS(=O)(=O)N1CCN(C)CC1)C(=O)OCc1ccccc1. The number of hydrogen-bond donors (Lipinski definition) is 0. The smallest absolute Gasteiger partial charge is 0.310 e. The molecule has 1 aromatic rings. The molecule has 1 fully saturated rings. The lowest BCUT2D eigenvalue weighted by molar-refractivity contribution is -0.148. The summed E-state index contributed by atoms with van der Waals surface area (Å²) in [5, 5.41) is 0. The van der Waals surface area contributed by atoms with E-state index in [0.717, 1.165) is 5.56 Å². The minimum atomic E-state index is -3.43. The molecule has 128 valence electrons. The zero-order chi connectivity index (χ0) is 16.9. The molecule has 1 aliphatic heterocycles. The fourth-order valence-corrected chi connectivity index (χ4v) is 4.13. The molecule has 0 bridgehead atoms. The largest absolute Gasteiger partial charge is 0.461 e. The van der Waals surface area contributed by atoms with E-state index in [-0.39, 0.29) is 12.4 Å². The molecule has 23 heavy (non-hydrogen) atoms. The molecule has 0 amide bonds. The topological polar surface area (TPSA) is 66.9 Å². The summed E-state index contributed by atoms with van der Waals surface area (Å²) in [4.78, 5) is 14.1. The van der Waals surface area contributed by atoms with Crippen LogP contribution < -0.4 is 0 Å². The van der Waals surface area contributed by atoms with Crippen LogP contribution in [0.3, 0.4) is 0 Å². The molecule has 6 nitrogen and oxygen atoms in total. The summed E-state index contributed by atoms with van der Waals surface area (Å²) in [6.45, 7) is 4.15. The quantitative estimate of drug-likeness (QED) is 0.721. The Labute approximate surface area is 138 Å². The van der Waals surface area contributed by atoms with E-state index in [0.29, 0.717) is 26.2 Å². The minimum absolute atomic E-state index is 0.165. The van der Waals surface area contributed by atoms with Crippen molar-refractivity contribution in [3.63, 3.8) is 0 Å². The second kappa shape index (κ2) is 7.90. The molecule has 1 saturated heterocycles. The highest BCUT2D eigenvalue weighted by atomic mass is 32.2. The fraction of sp³-hybridized carbons (Fsp3) is 0.562. The van der Waals surface area contributed by atoms with Crippen LogP contribution in [0.5, 0.6) is 0 Å². The van der Waals surface area contributed by atoms with Crippen molar-refractivity contribution < 1.29 is 17.9 Å². The summed E-state index contributed by atoms with van der Waals surface area (Å²) in [5.41, 5.74) is 0.884. The zero-order valence-electron chi connectivity index (χ0n) is 13.6. The first-order valence-electron chi connectivity index (χ1n) is 7.75. The lowest BCUT2D eigenvalue weighted by Crippen LogP contribution is -2.48. The molecule has 1 aromatic carbocycles. The molecule has 1 atom stereocenters. The number of rotatable bonds is 6. The van der Waals surface area contributed by atoms with Gasteiger partial charge in [-0.3, -0.25) is 4.79 Å². The first-order valence-corrected chi connectivity index (χ1v) is 9.36. The van der Waals surface area contributed by atoms with Gasteiger partial charge in [0.25, 0.3) is 0 Å². The van der Waals surface area contributed by atoms with Gasteiger partial charge >= 0.3 is 5.97 Å². The van der Waals surface area contributed by atoms with Gasteiger partial charge in [0.15, 0.2) is 0 Å². The highest BCUT2D eigenvalue weighted by molar-refractivity contribution is 7.89. The number of carbonyl (C=O) groups excluding carboxylic acids is 1. The number of benzene rings is 1. The predicted octanol–water partition coefficient (Wildman–Crippen LogP) is 0.943. The van der Waals surface area contributed by atoms with Crippen molar-refractivity contribution in [1.29, 1.82) is 0 Å². The summed E-state index contributed by atoms with van der Waals surface area (Å²) in [6, 6.07) is 9.34. The number of ether oxygens (including phenoxy) is 1. The molecule has 7 heteroatoms.